The lowest BCUT2D eigenvalue weighted by Gasteiger charge is -2.11. The van der Waals surface area contributed by atoms with Crippen molar-refractivity contribution in [2.45, 2.75) is 18.9 Å². The van der Waals surface area contributed by atoms with Crippen molar-refractivity contribution in [2.24, 2.45) is 0 Å². The molecule has 0 bridgehead atoms. The van der Waals surface area contributed by atoms with Gasteiger partial charge >= 0.3 is 0 Å². The first kappa shape index (κ1) is 11.1. The molecule has 1 aromatic rings. The average Bonchev–Trinajstić information content (AvgIpc) is 2.65. The fraction of sp³-hybridized carbons (Fsp3) is 0.417. The Bertz CT molecular complexity index is 403. The molecule has 4 nitrogen and oxygen atoms in total. The Labute approximate surface area is 93.9 Å². The first-order valence-electron chi connectivity index (χ1n) is 5.35. The number of carbonyl (C=O) groups excluding carboxylic acids is 1. The molecule has 16 heavy (non-hydrogen) atoms. The number of fused-ring (bicyclic) bond motifs is 1. The molecule has 0 fully saturated rings. The first-order valence-corrected chi connectivity index (χ1v) is 5.35. The van der Waals surface area contributed by atoms with Crippen LogP contribution >= 0.6 is 0 Å². The van der Waals surface area contributed by atoms with E-state index in [0.717, 1.165) is 16.8 Å². The fourth-order valence-electron chi connectivity index (χ4n) is 1.86. The van der Waals surface area contributed by atoms with Crippen LogP contribution in [0, 0.1) is 0 Å². The zero-order valence-electron chi connectivity index (χ0n) is 8.94. The molecule has 0 aliphatic heterocycles. The summed E-state index contributed by atoms with van der Waals surface area (Å²) < 4.78 is 0. The summed E-state index contributed by atoms with van der Waals surface area (Å²) in [5, 5.41) is 20.9. The van der Waals surface area contributed by atoms with Crippen LogP contribution < -0.4 is 5.32 Å². The van der Waals surface area contributed by atoms with Gasteiger partial charge in [0, 0.05) is 25.1 Å². The minimum absolute atomic E-state index is 0.252. The van der Waals surface area contributed by atoms with Gasteiger partial charge in [-0.05, 0) is 23.3 Å². The second kappa shape index (κ2) is 4.63. The number of rotatable bonds is 4. The van der Waals surface area contributed by atoms with Gasteiger partial charge in [0.25, 0.3) is 0 Å². The van der Waals surface area contributed by atoms with E-state index in [9.17, 15) is 9.90 Å². The smallest absolute Gasteiger partial charge is 0.141 e. The molecule has 1 aliphatic carbocycles. The van der Waals surface area contributed by atoms with Crippen molar-refractivity contribution in [3.63, 3.8) is 0 Å². The number of hydrogen-bond acceptors (Lipinski definition) is 4. The monoisotopic (exact) mass is 221 g/mol. The van der Waals surface area contributed by atoms with Crippen LogP contribution in [0.2, 0.25) is 0 Å². The molecule has 1 atom stereocenters. The van der Waals surface area contributed by atoms with Gasteiger partial charge in [0.05, 0.1) is 12.7 Å². The molecule has 3 N–H and O–H groups in total. The lowest BCUT2D eigenvalue weighted by atomic mass is 10.1. The van der Waals surface area contributed by atoms with E-state index in [-0.39, 0.29) is 12.4 Å². The summed E-state index contributed by atoms with van der Waals surface area (Å²) in [5.74, 6) is 0.252. The zero-order valence-corrected chi connectivity index (χ0v) is 8.94. The van der Waals surface area contributed by atoms with E-state index in [4.69, 9.17) is 5.11 Å². The Morgan fingerprint density at radius 1 is 1.31 bits per heavy atom. The largest absolute Gasteiger partial charge is 0.394 e. The van der Waals surface area contributed by atoms with Crippen LogP contribution in [0.3, 0.4) is 0 Å². The molecule has 2 rings (SSSR count). The van der Waals surface area contributed by atoms with Crippen molar-refractivity contribution in [1.29, 1.82) is 0 Å². The van der Waals surface area contributed by atoms with Crippen LogP contribution in [0.5, 0.6) is 0 Å². The fourth-order valence-corrected chi connectivity index (χ4v) is 1.86. The molecule has 0 saturated heterocycles. The highest BCUT2D eigenvalue weighted by Crippen LogP contribution is 2.23. The number of ketones is 1. The maximum atomic E-state index is 11.2. The Morgan fingerprint density at radius 2 is 2.06 bits per heavy atom. The van der Waals surface area contributed by atoms with Crippen LogP contribution in [-0.4, -0.2) is 35.3 Å². The predicted molar refractivity (Wildman–Crippen MR) is 60.4 cm³/mol. The van der Waals surface area contributed by atoms with Crippen LogP contribution in [0.1, 0.15) is 11.1 Å². The molecule has 0 heterocycles. The standard InChI is InChI=1S/C12H15NO3/c14-7-12(16)6-13-10-2-1-8-4-11(15)5-9(8)3-10/h1-3,12-14,16H,4-7H2. The molecule has 0 radical (unpaired) electrons. The molecule has 1 aromatic carbocycles. The van der Waals surface area contributed by atoms with Gasteiger partial charge in [-0.15, -0.1) is 0 Å². The zero-order chi connectivity index (χ0) is 11.5. The van der Waals surface area contributed by atoms with Gasteiger partial charge in [-0.25, -0.2) is 0 Å². The molecule has 4 heteroatoms. The molecule has 1 aliphatic rings. The van der Waals surface area contributed by atoms with Gasteiger partial charge < -0.3 is 15.5 Å². The lowest BCUT2D eigenvalue weighted by Crippen LogP contribution is -2.22. The van der Waals surface area contributed by atoms with E-state index in [2.05, 4.69) is 5.32 Å². The van der Waals surface area contributed by atoms with E-state index in [0.29, 0.717) is 19.4 Å². The van der Waals surface area contributed by atoms with Crippen molar-refractivity contribution >= 4 is 11.5 Å². The Kier molecular flexibility index (Phi) is 3.22. The molecular formula is C12H15NO3. The van der Waals surface area contributed by atoms with E-state index in [1.165, 1.54) is 0 Å². The van der Waals surface area contributed by atoms with Crippen molar-refractivity contribution in [1.82, 2.24) is 0 Å². The van der Waals surface area contributed by atoms with Gasteiger partial charge in [-0.2, -0.15) is 0 Å². The summed E-state index contributed by atoms with van der Waals surface area (Å²) >= 11 is 0. The van der Waals surface area contributed by atoms with Gasteiger partial charge in [-0.1, -0.05) is 6.07 Å². The summed E-state index contributed by atoms with van der Waals surface area (Å²) in [4.78, 5) is 11.2. The maximum Gasteiger partial charge on any atom is 0.141 e. The predicted octanol–water partition coefficient (Wildman–Crippen LogP) is 0.119. The highest BCUT2D eigenvalue weighted by atomic mass is 16.3. The van der Waals surface area contributed by atoms with Crippen molar-refractivity contribution in [3.8, 4) is 0 Å². The van der Waals surface area contributed by atoms with Gasteiger partial charge in [-0.3, -0.25) is 4.79 Å². The maximum absolute atomic E-state index is 11.2. The first-order chi connectivity index (χ1) is 7.69. The molecule has 0 aromatic heterocycles. The molecular weight excluding hydrogens is 206 g/mol. The van der Waals surface area contributed by atoms with E-state index >= 15 is 0 Å². The quantitative estimate of drug-likeness (QED) is 0.675. The van der Waals surface area contributed by atoms with Crippen LogP contribution in [0.4, 0.5) is 5.69 Å². The number of benzene rings is 1. The second-order valence-corrected chi connectivity index (χ2v) is 4.09. The Hall–Kier alpha value is -1.39. The molecule has 86 valence electrons. The normalized spacial score (nSPS) is 16.0. The average molecular weight is 221 g/mol. The summed E-state index contributed by atoms with van der Waals surface area (Å²) in [5.41, 5.74) is 3.03. The Balaban J connectivity index is 2.02. The second-order valence-electron chi connectivity index (χ2n) is 4.09. The number of aliphatic hydroxyl groups is 2. The van der Waals surface area contributed by atoms with Gasteiger partial charge in [0.2, 0.25) is 0 Å². The van der Waals surface area contributed by atoms with E-state index < -0.39 is 6.10 Å². The highest BCUT2D eigenvalue weighted by Gasteiger charge is 2.18. The SMILES string of the molecule is O=C1Cc2ccc(NCC(O)CO)cc2C1. The lowest BCUT2D eigenvalue weighted by molar-refractivity contribution is -0.117. The number of anilines is 1. The summed E-state index contributed by atoms with van der Waals surface area (Å²) in [6.07, 6.45) is 0.289. The summed E-state index contributed by atoms with van der Waals surface area (Å²) in [6, 6.07) is 5.76. The summed E-state index contributed by atoms with van der Waals surface area (Å²) in [6.45, 7) is 0.0552. The van der Waals surface area contributed by atoms with Crippen molar-refractivity contribution in [3.05, 3.63) is 29.3 Å². The molecule has 0 saturated carbocycles. The molecule has 1 unspecified atom stereocenters. The topological polar surface area (TPSA) is 69.6 Å². The molecule has 0 spiro atoms. The van der Waals surface area contributed by atoms with Crippen molar-refractivity contribution < 1.29 is 15.0 Å². The third kappa shape index (κ3) is 2.40. The van der Waals surface area contributed by atoms with Crippen LogP contribution in [-0.2, 0) is 17.6 Å². The van der Waals surface area contributed by atoms with Gasteiger partial charge in [0.1, 0.15) is 5.78 Å². The van der Waals surface area contributed by atoms with E-state index in [1.807, 2.05) is 18.2 Å². The van der Waals surface area contributed by atoms with Crippen LogP contribution in [0.15, 0.2) is 18.2 Å². The third-order valence-corrected chi connectivity index (χ3v) is 2.73. The number of Topliss-reactive ketones (excluding diaryl/α,β-unsaturated/α-hetero) is 1. The van der Waals surface area contributed by atoms with Gasteiger partial charge in [0.15, 0.2) is 0 Å². The number of aliphatic hydroxyl groups excluding tert-OH is 2. The number of carbonyl (C=O) groups is 1. The van der Waals surface area contributed by atoms with Crippen LogP contribution in [0.25, 0.3) is 0 Å². The highest BCUT2D eigenvalue weighted by molar-refractivity contribution is 5.88. The molecule has 0 amide bonds. The Morgan fingerprint density at radius 3 is 2.81 bits per heavy atom. The number of hydrogen-bond donors (Lipinski definition) is 3. The number of nitrogens with one attached hydrogen (secondary N) is 1. The van der Waals surface area contributed by atoms with E-state index in [1.54, 1.807) is 0 Å². The minimum Gasteiger partial charge on any atom is -0.394 e. The summed E-state index contributed by atoms with van der Waals surface area (Å²) in [7, 11) is 0. The van der Waals surface area contributed by atoms with Crippen molar-refractivity contribution in [2.75, 3.05) is 18.5 Å². The minimum atomic E-state index is -0.755. The third-order valence-electron chi connectivity index (χ3n) is 2.73.